The van der Waals surface area contributed by atoms with Gasteiger partial charge in [-0.25, -0.2) is 0 Å². The predicted molar refractivity (Wildman–Crippen MR) is 263 cm³/mol. The molecule has 0 N–H and O–H groups in total. The van der Waals surface area contributed by atoms with Gasteiger partial charge in [-0.1, -0.05) is 182 Å². The average molecular weight is 878 g/mol. The number of unbranched alkanes of at least 4 members (excludes halogenated alkanes) is 14. The third-order valence-corrected chi connectivity index (χ3v) is 10.5. The lowest BCUT2D eigenvalue weighted by Gasteiger charge is -2.34. The number of nitrogens with zero attached hydrogens (tertiary/aromatic N) is 1. The maximum Gasteiger partial charge on any atom is 0.306 e. The SMILES string of the molecule is CC/C=C/C/C=C/C/C=C/C/C=C/C/C=C/C/C=C/CCC(=O)OC(COCCC(C(=O)[O-])[N+](C)(C)C)COC(=O)CCCCCCCCCCCC/C=C/C=C/CCCCCC. The van der Waals surface area contributed by atoms with Crippen molar-refractivity contribution >= 4 is 17.9 Å². The Hall–Kier alpha value is -3.75. The van der Waals surface area contributed by atoms with E-state index in [0.29, 0.717) is 12.8 Å². The number of quaternary nitrogens is 1. The van der Waals surface area contributed by atoms with Crippen LogP contribution in [0.3, 0.4) is 0 Å². The number of rotatable bonds is 43. The summed E-state index contributed by atoms with van der Waals surface area (Å²) in [6, 6.07) is -0.745. The van der Waals surface area contributed by atoms with E-state index in [1.807, 2.05) is 12.2 Å². The van der Waals surface area contributed by atoms with Crippen molar-refractivity contribution in [3.05, 3.63) is 97.2 Å². The highest BCUT2D eigenvalue weighted by Crippen LogP contribution is 2.14. The van der Waals surface area contributed by atoms with E-state index in [4.69, 9.17) is 14.2 Å². The summed E-state index contributed by atoms with van der Waals surface area (Å²) < 4.78 is 17.1. The van der Waals surface area contributed by atoms with Gasteiger partial charge < -0.3 is 28.6 Å². The summed E-state index contributed by atoms with van der Waals surface area (Å²) in [7, 11) is 5.38. The van der Waals surface area contributed by atoms with E-state index in [-0.39, 0.29) is 43.1 Å². The molecule has 358 valence electrons. The molecule has 0 aliphatic heterocycles. The van der Waals surface area contributed by atoms with Gasteiger partial charge in [0, 0.05) is 19.3 Å². The zero-order valence-corrected chi connectivity index (χ0v) is 40.7. The maximum absolute atomic E-state index is 12.7. The number of esters is 2. The van der Waals surface area contributed by atoms with Crippen LogP contribution in [-0.4, -0.2) is 75.5 Å². The van der Waals surface area contributed by atoms with Crippen molar-refractivity contribution < 1.29 is 38.2 Å². The minimum atomic E-state index is -1.14. The van der Waals surface area contributed by atoms with Gasteiger partial charge in [-0.05, 0) is 77.0 Å². The molecular weight excluding hydrogens is 787 g/mol. The molecule has 0 bridgehead atoms. The number of hydrogen-bond donors (Lipinski definition) is 0. The molecule has 0 aliphatic rings. The van der Waals surface area contributed by atoms with Crippen molar-refractivity contribution in [1.82, 2.24) is 0 Å². The number of hydrogen-bond acceptors (Lipinski definition) is 7. The molecule has 0 saturated heterocycles. The number of likely N-dealkylation sites (N-methyl/N-ethyl adjacent to an activating group) is 1. The van der Waals surface area contributed by atoms with Crippen molar-refractivity contribution in [2.75, 3.05) is 41.0 Å². The second kappa shape index (κ2) is 44.8. The Balaban J connectivity index is 4.40. The second-order valence-electron chi connectivity index (χ2n) is 17.3. The standard InChI is InChI=1S/C55H91NO7/c1-6-8-10-12-14-16-18-20-22-24-26-28-29-31-33-35-37-39-41-43-45-53(57)62-50-51(49-61-48-47-52(55(59)60)56(3,4)5)63-54(58)46-44-42-40-38-36-34-32-30-27-25-23-21-19-17-15-13-11-9-7-2/h9,11,15-18,20-23,27,30,34,36,40,42,51-52H,6-8,10,12-14,19,24-26,28-29,31-33,35,37-39,41,43-50H2,1-5H3/b11-9+,17-15+,18-16+,22-20+,23-21+,30-27+,36-34+,42-40+. The molecule has 0 aromatic heterocycles. The highest BCUT2D eigenvalue weighted by Gasteiger charge is 2.25. The molecule has 0 aliphatic carbocycles. The second-order valence-corrected chi connectivity index (χ2v) is 17.3. The largest absolute Gasteiger partial charge is 0.544 e. The Morgan fingerprint density at radius 3 is 1.44 bits per heavy atom. The van der Waals surface area contributed by atoms with Gasteiger partial charge in [0.05, 0.1) is 40.3 Å². The molecule has 0 fully saturated rings. The van der Waals surface area contributed by atoms with Crippen LogP contribution >= 0.6 is 0 Å². The van der Waals surface area contributed by atoms with Gasteiger partial charge in [0.15, 0.2) is 6.10 Å². The topological polar surface area (TPSA) is 102 Å². The van der Waals surface area contributed by atoms with Gasteiger partial charge in [0.2, 0.25) is 0 Å². The van der Waals surface area contributed by atoms with E-state index in [1.54, 1.807) is 21.1 Å². The summed E-state index contributed by atoms with van der Waals surface area (Å²) in [6.45, 7) is 4.44. The molecule has 63 heavy (non-hydrogen) atoms. The number of ether oxygens (including phenoxy) is 3. The van der Waals surface area contributed by atoms with Gasteiger partial charge in [-0.15, -0.1) is 0 Å². The number of carbonyl (C=O) groups excluding carboxylic acids is 3. The molecule has 0 aromatic rings. The normalized spacial score (nSPS) is 13.7. The van der Waals surface area contributed by atoms with Gasteiger partial charge in [-0.2, -0.15) is 0 Å². The Morgan fingerprint density at radius 1 is 0.508 bits per heavy atom. The summed E-state index contributed by atoms with van der Waals surface area (Å²) in [4.78, 5) is 37.0. The van der Waals surface area contributed by atoms with E-state index in [2.05, 4.69) is 98.9 Å². The molecule has 2 unspecified atom stereocenters. The summed E-state index contributed by atoms with van der Waals surface area (Å²) in [5, 5.41) is 11.7. The highest BCUT2D eigenvalue weighted by molar-refractivity contribution is 5.70. The van der Waals surface area contributed by atoms with Crippen molar-refractivity contribution in [3.63, 3.8) is 0 Å². The lowest BCUT2D eigenvalue weighted by molar-refractivity contribution is -0.889. The minimum Gasteiger partial charge on any atom is -0.544 e. The molecule has 0 radical (unpaired) electrons. The molecule has 0 heterocycles. The summed E-state index contributed by atoms with van der Waals surface area (Å²) in [5.74, 6) is -1.86. The lowest BCUT2D eigenvalue weighted by Crippen LogP contribution is -2.55. The predicted octanol–water partition coefficient (Wildman–Crippen LogP) is 12.9. The van der Waals surface area contributed by atoms with Crippen LogP contribution in [0.5, 0.6) is 0 Å². The lowest BCUT2D eigenvalue weighted by atomic mass is 10.1. The van der Waals surface area contributed by atoms with E-state index >= 15 is 0 Å². The van der Waals surface area contributed by atoms with Crippen LogP contribution in [0.25, 0.3) is 0 Å². The number of allylic oxidation sites excluding steroid dienone is 16. The fraction of sp³-hybridized carbons (Fsp3) is 0.655. The number of carbonyl (C=O) groups is 3. The Labute approximate surface area is 386 Å². The molecule has 8 heteroatoms. The fourth-order valence-electron chi connectivity index (χ4n) is 6.68. The molecule has 0 amide bonds. The number of carboxylic acids is 1. The van der Waals surface area contributed by atoms with Gasteiger partial charge >= 0.3 is 11.9 Å². The molecular formula is C55H91NO7. The fourth-order valence-corrected chi connectivity index (χ4v) is 6.68. The van der Waals surface area contributed by atoms with Gasteiger partial charge in [0.25, 0.3) is 0 Å². The van der Waals surface area contributed by atoms with Crippen LogP contribution in [0.2, 0.25) is 0 Å². The van der Waals surface area contributed by atoms with Crippen LogP contribution in [-0.2, 0) is 28.6 Å². The first-order valence-corrected chi connectivity index (χ1v) is 24.8. The van der Waals surface area contributed by atoms with Crippen LogP contribution < -0.4 is 5.11 Å². The Bertz CT molecular complexity index is 1350. The molecule has 0 rings (SSSR count). The van der Waals surface area contributed by atoms with Crippen LogP contribution in [0, 0.1) is 0 Å². The average Bonchev–Trinajstić information content (AvgIpc) is 3.24. The van der Waals surface area contributed by atoms with Crippen molar-refractivity contribution in [1.29, 1.82) is 0 Å². The summed E-state index contributed by atoms with van der Waals surface area (Å²) in [5.41, 5.74) is 0. The highest BCUT2D eigenvalue weighted by atomic mass is 16.6. The number of aliphatic carboxylic acids is 1. The zero-order valence-electron chi connectivity index (χ0n) is 40.7. The van der Waals surface area contributed by atoms with E-state index in [9.17, 15) is 19.5 Å². The first-order chi connectivity index (χ1) is 30.6. The zero-order chi connectivity index (χ0) is 46.3. The minimum absolute atomic E-state index is 0.00377. The van der Waals surface area contributed by atoms with Crippen LogP contribution in [0.1, 0.15) is 181 Å². The van der Waals surface area contributed by atoms with E-state index in [0.717, 1.165) is 64.2 Å². The molecule has 8 nitrogen and oxygen atoms in total. The van der Waals surface area contributed by atoms with Crippen molar-refractivity contribution in [2.24, 2.45) is 0 Å². The third kappa shape index (κ3) is 43.3. The summed E-state index contributed by atoms with van der Waals surface area (Å²) >= 11 is 0. The maximum atomic E-state index is 12.7. The summed E-state index contributed by atoms with van der Waals surface area (Å²) in [6.07, 6.45) is 60.2. The van der Waals surface area contributed by atoms with E-state index in [1.165, 1.54) is 77.0 Å². The first kappa shape index (κ1) is 59.2. The van der Waals surface area contributed by atoms with E-state index < -0.39 is 24.1 Å². The molecule has 0 aromatic carbocycles. The Kier molecular flexibility index (Phi) is 42.2. The van der Waals surface area contributed by atoms with Crippen LogP contribution in [0.15, 0.2) is 97.2 Å². The first-order valence-electron chi connectivity index (χ1n) is 24.8. The van der Waals surface area contributed by atoms with Crippen molar-refractivity contribution in [2.45, 2.75) is 193 Å². The molecule has 0 saturated carbocycles. The monoisotopic (exact) mass is 878 g/mol. The molecule has 2 atom stereocenters. The van der Waals surface area contributed by atoms with Gasteiger partial charge in [-0.3, -0.25) is 9.59 Å². The molecule has 0 spiro atoms. The van der Waals surface area contributed by atoms with Crippen molar-refractivity contribution in [3.8, 4) is 0 Å². The van der Waals surface area contributed by atoms with Crippen LogP contribution in [0.4, 0.5) is 0 Å². The number of carboxylic acid groups (broad SMARTS) is 1. The van der Waals surface area contributed by atoms with Gasteiger partial charge in [0.1, 0.15) is 12.6 Å². The quantitative estimate of drug-likeness (QED) is 0.0198. The Morgan fingerprint density at radius 2 is 0.968 bits per heavy atom. The smallest absolute Gasteiger partial charge is 0.306 e. The third-order valence-electron chi connectivity index (χ3n) is 10.5.